The van der Waals surface area contributed by atoms with E-state index in [0.29, 0.717) is 39.6 Å². The fourth-order valence-corrected chi connectivity index (χ4v) is 12.9. The smallest absolute Gasteiger partial charge is 0.335 e. The molecule has 42 heavy (non-hydrogen) atoms. The van der Waals surface area contributed by atoms with Crippen molar-refractivity contribution >= 4 is 11.9 Å². The molecule has 1 amide bonds. The second-order valence-corrected chi connectivity index (χ2v) is 16.6. The molecule has 1 saturated heterocycles. The highest BCUT2D eigenvalue weighted by Crippen LogP contribution is 2.77. The maximum Gasteiger partial charge on any atom is 0.335 e. The Morgan fingerprint density at radius 1 is 0.857 bits per heavy atom. The molecule has 1 aromatic rings. The highest BCUT2D eigenvalue weighted by molar-refractivity contribution is 5.96. The van der Waals surface area contributed by atoms with Crippen molar-refractivity contribution in [3.63, 3.8) is 0 Å². The minimum Gasteiger partial charge on any atom is -0.478 e. The monoisotopic (exact) mass is 573 g/mol. The standard InChI is InChI=1S/C38H55NO3/c1-9-38-19-16-27(24(2)3)31(38)28-14-15-30-35(6)22-23-39(32(40)25-10-12-26(13-11-25)33(41)42)34(4,5)29(35)17-18-37(30,8)36(28,7)20-21-38/h10-13,27-31H,2,9,14-23H2,1,3-8H3,(H,41,42)/t27-,28+,29?,30+,31+,35-,36+,37+,38+/m0/s1. The number of rotatable bonds is 4. The number of carboxylic acid groups (broad SMARTS) is 1. The molecule has 4 saturated carbocycles. The van der Waals surface area contributed by atoms with Crippen LogP contribution in [0, 0.1) is 51.2 Å². The van der Waals surface area contributed by atoms with Crippen molar-refractivity contribution in [3.05, 3.63) is 47.5 Å². The molecular formula is C38H55NO3. The molecule has 1 aliphatic heterocycles. The molecule has 1 heterocycles. The first kappa shape index (κ1) is 29.9. The van der Waals surface area contributed by atoms with Gasteiger partial charge in [-0.2, -0.15) is 0 Å². The van der Waals surface area contributed by atoms with Crippen LogP contribution in [0.1, 0.15) is 133 Å². The summed E-state index contributed by atoms with van der Waals surface area (Å²) in [4.78, 5) is 27.4. The molecule has 9 atom stereocenters. The number of carbonyl (C=O) groups excluding carboxylic acids is 1. The lowest BCUT2D eigenvalue weighted by Crippen LogP contribution is -2.70. The largest absolute Gasteiger partial charge is 0.478 e. The number of piperidine rings is 1. The second-order valence-electron chi connectivity index (χ2n) is 16.6. The third-order valence-electron chi connectivity index (χ3n) is 15.3. The number of likely N-dealkylation sites (tertiary alicyclic amines) is 1. The Kier molecular flexibility index (Phi) is 6.92. The van der Waals surface area contributed by atoms with Crippen LogP contribution in [0.25, 0.3) is 0 Å². The SMILES string of the molecule is C=C(C)[C@@H]1CC[C@]2(CC)CC[C@]3(C)[C@H](CC[C@@H]4[C@@]5(C)CCN(C(=O)c6ccc(C(=O)O)cc6)C(C)(C)C5CC[C@]43C)[C@@H]12. The molecule has 4 heteroatoms. The van der Waals surface area contributed by atoms with E-state index in [4.69, 9.17) is 0 Å². The summed E-state index contributed by atoms with van der Waals surface area (Å²) >= 11 is 0. The van der Waals surface area contributed by atoms with Crippen molar-refractivity contribution in [1.29, 1.82) is 0 Å². The first-order chi connectivity index (χ1) is 19.7. The van der Waals surface area contributed by atoms with Crippen LogP contribution in [0.3, 0.4) is 0 Å². The van der Waals surface area contributed by atoms with Crippen LogP contribution in [0.4, 0.5) is 0 Å². The molecule has 6 rings (SSSR count). The maximum absolute atomic E-state index is 13.9. The van der Waals surface area contributed by atoms with Crippen molar-refractivity contribution in [2.45, 2.75) is 118 Å². The number of benzene rings is 1. The average Bonchev–Trinajstić information content (AvgIpc) is 3.33. The van der Waals surface area contributed by atoms with Crippen molar-refractivity contribution in [3.8, 4) is 0 Å². The quantitative estimate of drug-likeness (QED) is 0.365. The highest BCUT2D eigenvalue weighted by Gasteiger charge is 2.70. The molecule has 4 nitrogen and oxygen atoms in total. The molecule has 230 valence electrons. The van der Waals surface area contributed by atoms with Gasteiger partial charge >= 0.3 is 5.97 Å². The topological polar surface area (TPSA) is 57.6 Å². The van der Waals surface area contributed by atoms with Crippen LogP contribution in [0.15, 0.2) is 36.4 Å². The van der Waals surface area contributed by atoms with Crippen LogP contribution >= 0.6 is 0 Å². The van der Waals surface area contributed by atoms with E-state index >= 15 is 0 Å². The maximum atomic E-state index is 13.9. The van der Waals surface area contributed by atoms with Gasteiger partial charge in [-0.05, 0) is 154 Å². The zero-order valence-corrected chi connectivity index (χ0v) is 27.4. The molecule has 0 radical (unpaired) electrons. The van der Waals surface area contributed by atoms with Gasteiger partial charge in [-0.15, -0.1) is 0 Å². The summed E-state index contributed by atoms with van der Waals surface area (Å²) in [5.74, 6) is 2.49. The molecule has 1 aromatic carbocycles. The van der Waals surface area contributed by atoms with E-state index < -0.39 is 5.97 Å². The van der Waals surface area contributed by atoms with E-state index in [9.17, 15) is 14.7 Å². The fraction of sp³-hybridized carbons (Fsp3) is 0.737. The predicted octanol–water partition coefficient (Wildman–Crippen LogP) is 9.26. The van der Waals surface area contributed by atoms with Gasteiger partial charge in [0.2, 0.25) is 0 Å². The number of carboxylic acids is 1. The summed E-state index contributed by atoms with van der Waals surface area (Å²) in [7, 11) is 0. The Bertz CT molecular complexity index is 1280. The third kappa shape index (κ3) is 3.84. The fourth-order valence-electron chi connectivity index (χ4n) is 12.9. The second kappa shape index (κ2) is 9.70. The van der Waals surface area contributed by atoms with Gasteiger partial charge in [0.1, 0.15) is 0 Å². The Morgan fingerprint density at radius 2 is 1.52 bits per heavy atom. The zero-order chi connectivity index (χ0) is 30.5. The molecular weight excluding hydrogens is 518 g/mol. The highest BCUT2D eigenvalue weighted by atomic mass is 16.4. The van der Waals surface area contributed by atoms with Crippen LogP contribution < -0.4 is 0 Å². The number of nitrogens with zero attached hydrogens (tertiary/aromatic N) is 1. The first-order valence-corrected chi connectivity index (χ1v) is 17.0. The molecule has 0 bridgehead atoms. The van der Waals surface area contributed by atoms with Crippen LogP contribution in [-0.2, 0) is 0 Å². The number of fused-ring (bicyclic) bond motifs is 7. The van der Waals surface area contributed by atoms with Crippen LogP contribution in [-0.4, -0.2) is 34.0 Å². The van der Waals surface area contributed by atoms with Crippen molar-refractivity contribution in [2.24, 2.45) is 51.2 Å². The van der Waals surface area contributed by atoms with Gasteiger partial charge in [0, 0.05) is 17.6 Å². The minimum atomic E-state index is -0.960. The van der Waals surface area contributed by atoms with E-state index in [1.54, 1.807) is 24.3 Å². The Balaban J connectivity index is 1.30. The van der Waals surface area contributed by atoms with Gasteiger partial charge < -0.3 is 10.0 Å². The van der Waals surface area contributed by atoms with Gasteiger partial charge in [0.25, 0.3) is 5.91 Å². The van der Waals surface area contributed by atoms with Crippen molar-refractivity contribution < 1.29 is 14.7 Å². The molecule has 1 N–H and O–H groups in total. The molecule has 5 fully saturated rings. The number of allylic oxidation sites excluding steroid dienone is 1. The first-order valence-electron chi connectivity index (χ1n) is 17.0. The van der Waals surface area contributed by atoms with E-state index in [1.165, 1.54) is 63.4 Å². The normalized spacial score (nSPS) is 43.9. The predicted molar refractivity (Wildman–Crippen MR) is 169 cm³/mol. The summed E-state index contributed by atoms with van der Waals surface area (Å²) in [6.45, 7) is 22.7. The number of hydrogen-bond acceptors (Lipinski definition) is 2. The lowest BCUT2D eigenvalue weighted by atomic mass is 9.33. The lowest BCUT2D eigenvalue weighted by Gasteiger charge is -2.73. The van der Waals surface area contributed by atoms with Gasteiger partial charge in [-0.25, -0.2) is 4.79 Å². The van der Waals surface area contributed by atoms with Crippen molar-refractivity contribution in [1.82, 2.24) is 4.90 Å². The summed E-state index contributed by atoms with van der Waals surface area (Å²) in [5, 5.41) is 9.32. The average molecular weight is 574 g/mol. The molecule has 4 aliphatic carbocycles. The Labute approximate surface area is 254 Å². The van der Waals surface area contributed by atoms with Gasteiger partial charge in [0.05, 0.1) is 5.56 Å². The molecule has 0 spiro atoms. The third-order valence-corrected chi connectivity index (χ3v) is 15.3. The number of carbonyl (C=O) groups is 2. The van der Waals surface area contributed by atoms with Gasteiger partial charge in [-0.3, -0.25) is 4.79 Å². The van der Waals surface area contributed by atoms with Gasteiger partial charge in [-0.1, -0.05) is 46.3 Å². The van der Waals surface area contributed by atoms with E-state index in [1.807, 2.05) is 0 Å². The zero-order valence-electron chi connectivity index (χ0n) is 27.4. The van der Waals surface area contributed by atoms with Crippen LogP contribution in [0.2, 0.25) is 0 Å². The molecule has 5 aliphatic rings. The Morgan fingerprint density at radius 3 is 2.14 bits per heavy atom. The van der Waals surface area contributed by atoms with Crippen molar-refractivity contribution in [2.75, 3.05) is 6.54 Å². The summed E-state index contributed by atoms with van der Waals surface area (Å²) < 4.78 is 0. The van der Waals surface area contributed by atoms with Gasteiger partial charge in [0.15, 0.2) is 0 Å². The number of amides is 1. The Hall–Kier alpha value is -2.10. The lowest BCUT2D eigenvalue weighted by molar-refractivity contribution is -0.238. The summed E-state index contributed by atoms with van der Waals surface area (Å²) in [6.07, 6.45) is 13.0. The number of hydrogen-bond donors (Lipinski definition) is 1. The van der Waals surface area contributed by atoms with E-state index in [-0.39, 0.29) is 22.4 Å². The molecule has 1 unspecified atom stereocenters. The summed E-state index contributed by atoms with van der Waals surface area (Å²) in [6, 6.07) is 6.50. The van der Waals surface area contributed by atoms with Crippen LogP contribution in [0.5, 0.6) is 0 Å². The number of aromatic carboxylic acids is 1. The van der Waals surface area contributed by atoms with E-state index in [2.05, 4.69) is 59.9 Å². The summed E-state index contributed by atoms with van der Waals surface area (Å²) in [5.41, 5.74) is 3.39. The molecule has 0 aromatic heterocycles. The van der Waals surface area contributed by atoms with E-state index in [0.717, 1.165) is 24.8 Å². The minimum absolute atomic E-state index is 0.0400.